The average Bonchev–Trinajstić information content (AvgIpc) is 3.22. The number of nitrogens with one attached hydrogen (secondary N) is 2. The average molecular weight is 555 g/mol. The summed E-state index contributed by atoms with van der Waals surface area (Å²) in [6.45, 7) is 4.38. The van der Waals surface area contributed by atoms with Gasteiger partial charge in [0.2, 0.25) is 5.89 Å². The van der Waals surface area contributed by atoms with Gasteiger partial charge in [0.25, 0.3) is 5.91 Å². The van der Waals surface area contributed by atoms with Gasteiger partial charge in [-0.05, 0) is 107 Å². The van der Waals surface area contributed by atoms with Gasteiger partial charge < -0.3 is 9.73 Å². The molecule has 1 amide bonds. The van der Waals surface area contributed by atoms with Crippen molar-refractivity contribution in [2.24, 2.45) is 0 Å². The number of anilines is 1. The molecule has 1 unspecified atom stereocenters. The summed E-state index contributed by atoms with van der Waals surface area (Å²) in [7, 11) is 0. The van der Waals surface area contributed by atoms with Gasteiger partial charge in [0, 0.05) is 20.4 Å². The zero-order valence-corrected chi connectivity index (χ0v) is 20.7. The molecule has 0 saturated heterocycles. The second kappa shape index (κ2) is 9.79. The zero-order chi connectivity index (χ0) is 22.7. The molecule has 0 radical (unpaired) electrons. The lowest BCUT2D eigenvalue weighted by molar-refractivity contribution is 0.0977. The molecule has 2 N–H and O–H groups in total. The lowest BCUT2D eigenvalue weighted by Gasteiger charge is -2.10. The first-order chi connectivity index (χ1) is 15.4. The predicted molar refractivity (Wildman–Crippen MR) is 141 cm³/mol. The third-order valence-electron chi connectivity index (χ3n) is 5.29. The Labute approximate surface area is 205 Å². The van der Waals surface area contributed by atoms with Crippen LogP contribution in [0.2, 0.25) is 0 Å². The molecule has 4 rings (SSSR count). The molecule has 5 nitrogen and oxygen atoms in total. The van der Waals surface area contributed by atoms with Crippen LogP contribution >= 0.6 is 34.8 Å². The Balaban J connectivity index is 1.49. The first kappa shape index (κ1) is 22.4. The summed E-state index contributed by atoms with van der Waals surface area (Å²) in [6, 6.07) is 21.0. The molecule has 0 aliphatic rings. The summed E-state index contributed by atoms with van der Waals surface area (Å²) >= 11 is 7.51. The zero-order valence-electron chi connectivity index (χ0n) is 17.7. The number of benzene rings is 3. The van der Waals surface area contributed by atoms with Crippen molar-refractivity contribution in [1.29, 1.82) is 0 Å². The van der Waals surface area contributed by atoms with Crippen LogP contribution in [0.15, 0.2) is 71.1 Å². The second-order valence-corrected chi connectivity index (χ2v) is 9.21. The Morgan fingerprint density at radius 1 is 1.12 bits per heavy atom. The van der Waals surface area contributed by atoms with E-state index < -0.39 is 0 Å². The van der Waals surface area contributed by atoms with Gasteiger partial charge in [0.1, 0.15) is 5.52 Å². The van der Waals surface area contributed by atoms with Gasteiger partial charge >= 0.3 is 0 Å². The number of hydrogen-bond donors (Lipinski definition) is 2. The fourth-order valence-corrected chi connectivity index (χ4v) is 3.85. The van der Waals surface area contributed by atoms with Crippen LogP contribution in [0.5, 0.6) is 0 Å². The second-order valence-electron chi connectivity index (χ2n) is 7.55. The van der Waals surface area contributed by atoms with Gasteiger partial charge in [-0.1, -0.05) is 26.0 Å². The van der Waals surface area contributed by atoms with Crippen molar-refractivity contribution < 1.29 is 9.21 Å². The molecule has 4 aromatic rings. The molecular formula is C25H22IN3O2S. The van der Waals surface area contributed by atoms with Crippen LogP contribution in [0.4, 0.5) is 5.69 Å². The van der Waals surface area contributed by atoms with E-state index in [1.807, 2.05) is 42.5 Å². The fraction of sp³-hybridized carbons (Fsp3) is 0.160. The lowest BCUT2D eigenvalue weighted by atomic mass is 9.98. The number of carbonyl (C=O) groups excluding carboxylic acids is 1. The first-order valence-corrected chi connectivity index (χ1v) is 11.8. The summed E-state index contributed by atoms with van der Waals surface area (Å²) in [5, 5.41) is 5.99. The normalized spacial score (nSPS) is 11.8. The monoisotopic (exact) mass is 555 g/mol. The molecule has 1 aromatic heterocycles. The maximum absolute atomic E-state index is 12.4. The van der Waals surface area contributed by atoms with Crippen LogP contribution < -0.4 is 10.6 Å². The number of rotatable bonds is 5. The molecule has 0 saturated carbocycles. The van der Waals surface area contributed by atoms with Crippen molar-refractivity contribution in [3.05, 3.63) is 81.4 Å². The Bertz CT molecular complexity index is 1280. The number of nitrogens with zero attached hydrogens (tertiary/aromatic N) is 1. The van der Waals surface area contributed by atoms with E-state index in [0.717, 1.165) is 32.3 Å². The minimum Gasteiger partial charge on any atom is -0.436 e. The molecule has 0 spiro atoms. The summed E-state index contributed by atoms with van der Waals surface area (Å²) in [6.07, 6.45) is 1.07. The minimum atomic E-state index is -0.258. The van der Waals surface area contributed by atoms with E-state index in [-0.39, 0.29) is 11.0 Å². The summed E-state index contributed by atoms with van der Waals surface area (Å²) < 4.78 is 7.03. The first-order valence-electron chi connectivity index (χ1n) is 10.3. The quantitative estimate of drug-likeness (QED) is 0.211. The molecular weight excluding hydrogens is 533 g/mol. The van der Waals surface area contributed by atoms with E-state index in [4.69, 9.17) is 16.6 Å². The molecule has 3 aromatic carbocycles. The Morgan fingerprint density at radius 3 is 2.66 bits per heavy atom. The van der Waals surface area contributed by atoms with Crippen LogP contribution in [0.3, 0.4) is 0 Å². The SMILES string of the molecule is CCC(C)c1ccc2oc(-c3cccc(NC(=S)NC(=O)c4ccc(I)cc4)c3)nc2c1. The van der Waals surface area contributed by atoms with E-state index in [1.54, 1.807) is 12.1 Å². The van der Waals surface area contributed by atoms with Gasteiger partial charge in [-0.3, -0.25) is 10.1 Å². The van der Waals surface area contributed by atoms with Gasteiger partial charge in [-0.15, -0.1) is 0 Å². The molecule has 0 fully saturated rings. The number of amides is 1. The van der Waals surface area contributed by atoms with E-state index >= 15 is 0 Å². The molecule has 0 aliphatic carbocycles. The van der Waals surface area contributed by atoms with E-state index in [2.05, 4.69) is 64.2 Å². The molecule has 0 bridgehead atoms. The van der Waals surface area contributed by atoms with Gasteiger partial charge in [-0.2, -0.15) is 0 Å². The van der Waals surface area contributed by atoms with Crippen LogP contribution in [0.1, 0.15) is 42.1 Å². The van der Waals surface area contributed by atoms with E-state index in [0.29, 0.717) is 17.4 Å². The van der Waals surface area contributed by atoms with Gasteiger partial charge in [0.15, 0.2) is 10.7 Å². The number of fused-ring (bicyclic) bond motifs is 1. The molecule has 162 valence electrons. The molecule has 7 heteroatoms. The van der Waals surface area contributed by atoms with E-state index in [1.165, 1.54) is 5.56 Å². The highest BCUT2D eigenvalue weighted by atomic mass is 127. The predicted octanol–water partition coefficient (Wildman–Crippen LogP) is 6.74. The molecule has 1 heterocycles. The molecule has 1 atom stereocenters. The fourth-order valence-electron chi connectivity index (χ4n) is 3.28. The van der Waals surface area contributed by atoms with E-state index in [9.17, 15) is 4.79 Å². The number of aromatic nitrogens is 1. The molecule has 0 aliphatic heterocycles. The topological polar surface area (TPSA) is 67.2 Å². The van der Waals surface area contributed by atoms with Crippen molar-refractivity contribution in [1.82, 2.24) is 10.3 Å². The summed E-state index contributed by atoms with van der Waals surface area (Å²) in [5.41, 5.74) is 4.96. The highest BCUT2D eigenvalue weighted by molar-refractivity contribution is 14.1. The summed E-state index contributed by atoms with van der Waals surface area (Å²) in [5.74, 6) is 0.757. The smallest absolute Gasteiger partial charge is 0.257 e. The van der Waals surface area contributed by atoms with Crippen LogP contribution in [-0.2, 0) is 0 Å². The Hall–Kier alpha value is -2.78. The third-order valence-corrected chi connectivity index (χ3v) is 6.22. The van der Waals surface area contributed by atoms with Crippen LogP contribution in [0, 0.1) is 3.57 Å². The number of halogens is 1. The maximum atomic E-state index is 12.4. The van der Waals surface area contributed by atoms with Crippen molar-refractivity contribution in [2.45, 2.75) is 26.2 Å². The van der Waals surface area contributed by atoms with Gasteiger partial charge in [0.05, 0.1) is 0 Å². The summed E-state index contributed by atoms with van der Waals surface area (Å²) in [4.78, 5) is 17.1. The highest BCUT2D eigenvalue weighted by Gasteiger charge is 2.12. The lowest BCUT2D eigenvalue weighted by Crippen LogP contribution is -2.34. The number of hydrogen-bond acceptors (Lipinski definition) is 4. The van der Waals surface area contributed by atoms with Crippen molar-refractivity contribution in [2.75, 3.05) is 5.32 Å². The Morgan fingerprint density at radius 2 is 1.91 bits per heavy atom. The van der Waals surface area contributed by atoms with Crippen LogP contribution in [-0.4, -0.2) is 16.0 Å². The Kier molecular flexibility index (Phi) is 6.86. The van der Waals surface area contributed by atoms with Gasteiger partial charge in [-0.25, -0.2) is 4.98 Å². The number of carbonyl (C=O) groups is 1. The standard InChI is InChI=1S/C25H22IN3O2S/c1-3-15(2)17-9-12-22-21(14-17)28-24(31-22)18-5-4-6-20(13-18)27-25(32)29-23(30)16-7-10-19(26)11-8-16/h4-15H,3H2,1-2H3,(H2,27,29,30,32). The number of thiocarbonyl (C=S) groups is 1. The highest BCUT2D eigenvalue weighted by Crippen LogP contribution is 2.29. The number of oxazole rings is 1. The van der Waals surface area contributed by atoms with Crippen molar-refractivity contribution >= 4 is 62.6 Å². The van der Waals surface area contributed by atoms with Crippen LogP contribution in [0.25, 0.3) is 22.6 Å². The minimum absolute atomic E-state index is 0.224. The largest absolute Gasteiger partial charge is 0.436 e. The van der Waals surface area contributed by atoms with Crippen molar-refractivity contribution in [3.8, 4) is 11.5 Å². The third kappa shape index (κ3) is 5.16. The molecule has 32 heavy (non-hydrogen) atoms. The maximum Gasteiger partial charge on any atom is 0.257 e. The van der Waals surface area contributed by atoms with Crippen molar-refractivity contribution in [3.63, 3.8) is 0 Å².